The van der Waals surface area contributed by atoms with Gasteiger partial charge in [-0.3, -0.25) is 0 Å². The second-order valence-electron chi connectivity index (χ2n) is 6.90. The number of fused-ring (bicyclic) bond motifs is 1. The number of aromatic nitrogens is 2. The lowest BCUT2D eigenvalue weighted by molar-refractivity contribution is 0.174. The summed E-state index contributed by atoms with van der Waals surface area (Å²) in [5, 5.41) is 0. The van der Waals surface area contributed by atoms with Gasteiger partial charge in [0, 0.05) is 24.4 Å². The summed E-state index contributed by atoms with van der Waals surface area (Å²) in [5.74, 6) is 2.13. The van der Waals surface area contributed by atoms with E-state index in [-0.39, 0.29) is 12.3 Å². The highest BCUT2D eigenvalue weighted by Crippen LogP contribution is 2.35. The molecule has 2 aromatic carbocycles. The number of ether oxygens (including phenoxy) is 3. The predicted molar refractivity (Wildman–Crippen MR) is 100 cm³/mol. The van der Waals surface area contributed by atoms with Crippen LogP contribution in [0.4, 0.5) is 0 Å². The summed E-state index contributed by atoms with van der Waals surface area (Å²) in [7, 11) is 0. The van der Waals surface area contributed by atoms with Gasteiger partial charge < -0.3 is 18.8 Å². The van der Waals surface area contributed by atoms with Crippen LogP contribution in [0, 0.1) is 0 Å². The van der Waals surface area contributed by atoms with Gasteiger partial charge in [-0.05, 0) is 23.8 Å². The summed E-state index contributed by atoms with van der Waals surface area (Å²) in [6.07, 6.45) is 6.36. The summed E-state index contributed by atoms with van der Waals surface area (Å²) < 4.78 is 19.0. The lowest BCUT2D eigenvalue weighted by Crippen LogP contribution is -2.36. The quantitative estimate of drug-likeness (QED) is 0.701. The van der Waals surface area contributed by atoms with Crippen molar-refractivity contribution in [2.75, 3.05) is 13.4 Å². The molecule has 5 rings (SSSR count). The lowest BCUT2D eigenvalue weighted by atomic mass is 9.92. The van der Waals surface area contributed by atoms with Crippen molar-refractivity contribution < 1.29 is 14.2 Å². The molecular formula is C21H19N3O3. The maximum atomic E-state index is 6.06. The van der Waals surface area contributed by atoms with Crippen molar-refractivity contribution in [3.05, 3.63) is 78.4 Å². The molecule has 1 atom stereocenters. The Morgan fingerprint density at radius 1 is 1.00 bits per heavy atom. The van der Waals surface area contributed by atoms with Gasteiger partial charge in [0.25, 0.3) is 0 Å². The highest BCUT2D eigenvalue weighted by molar-refractivity contribution is 5.96. The van der Waals surface area contributed by atoms with Gasteiger partial charge in [0.05, 0.1) is 12.9 Å². The van der Waals surface area contributed by atoms with Crippen molar-refractivity contribution >= 4 is 5.90 Å². The largest absolute Gasteiger partial charge is 0.475 e. The summed E-state index contributed by atoms with van der Waals surface area (Å²) in [5.41, 5.74) is 1.75. The Balaban J connectivity index is 1.49. The summed E-state index contributed by atoms with van der Waals surface area (Å²) in [6.45, 7) is 1.48. The fourth-order valence-corrected chi connectivity index (χ4v) is 3.58. The van der Waals surface area contributed by atoms with Gasteiger partial charge in [0.15, 0.2) is 11.5 Å². The van der Waals surface area contributed by atoms with E-state index in [1.807, 2.05) is 36.8 Å². The van der Waals surface area contributed by atoms with E-state index in [0.717, 1.165) is 23.5 Å². The molecule has 0 N–H and O–H groups in total. The fourth-order valence-electron chi connectivity index (χ4n) is 3.58. The Morgan fingerprint density at radius 3 is 2.74 bits per heavy atom. The third-order valence-corrected chi connectivity index (χ3v) is 4.85. The molecule has 0 saturated heterocycles. The van der Waals surface area contributed by atoms with Gasteiger partial charge in [-0.1, -0.05) is 30.3 Å². The van der Waals surface area contributed by atoms with Gasteiger partial charge in [-0.2, -0.15) is 0 Å². The minimum absolute atomic E-state index is 0.255. The molecule has 0 aliphatic carbocycles. The van der Waals surface area contributed by atoms with Gasteiger partial charge in [-0.15, -0.1) is 0 Å². The molecule has 2 aliphatic heterocycles. The van der Waals surface area contributed by atoms with Gasteiger partial charge in [-0.25, -0.2) is 9.98 Å². The van der Waals surface area contributed by atoms with Crippen LogP contribution in [0.3, 0.4) is 0 Å². The van der Waals surface area contributed by atoms with E-state index in [9.17, 15) is 0 Å². The van der Waals surface area contributed by atoms with Crippen LogP contribution in [0.25, 0.3) is 0 Å². The van der Waals surface area contributed by atoms with Crippen molar-refractivity contribution in [1.29, 1.82) is 0 Å². The second kappa shape index (κ2) is 6.46. The standard InChI is InChI=1S/C21H19N3O3/c1-2-4-16(5-3-1)11-21(12-24-9-8-22-14-24)13-25-20(23-21)17-6-7-18-19(10-17)27-15-26-18/h1-10,14H,11-13,15H2. The monoisotopic (exact) mass is 361 g/mol. The zero-order valence-electron chi connectivity index (χ0n) is 14.7. The molecule has 1 aromatic heterocycles. The average Bonchev–Trinajstić information content (AvgIpc) is 3.43. The maximum Gasteiger partial charge on any atom is 0.231 e. The number of aliphatic imine (C=N–C) groups is 1. The molecule has 0 fully saturated rings. The molecule has 6 heteroatoms. The molecule has 0 radical (unpaired) electrons. The topological polar surface area (TPSA) is 57.9 Å². The fraction of sp³-hybridized carbons (Fsp3) is 0.238. The van der Waals surface area contributed by atoms with Crippen molar-refractivity contribution in [3.8, 4) is 11.5 Å². The Bertz CT molecular complexity index is 970. The molecule has 1 unspecified atom stereocenters. The smallest absolute Gasteiger partial charge is 0.231 e. The van der Waals surface area contributed by atoms with Gasteiger partial charge >= 0.3 is 0 Å². The summed E-state index contributed by atoms with van der Waals surface area (Å²) in [6, 6.07) is 16.2. The molecule has 6 nitrogen and oxygen atoms in total. The van der Waals surface area contributed by atoms with Gasteiger partial charge in [0.2, 0.25) is 12.7 Å². The number of rotatable bonds is 5. The van der Waals surface area contributed by atoms with Crippen LogP contribution in [-0.4, -0.2) is 34.4 Å². The Labute approximate surface area is 157 Å². The van der Waals surface area contributed by atoms with E-state index in [2.05, 4.69) is 33.8 Å². The first kappa shape index (κ1) is 15.9. The molecular weight excluding hydrogens is 342 g/mol. The zero-order valence-corrected chi connectivity index (χ0v) is 14.7. The minimum atomic E-state index is -0.381. The number of nitrogens with zero attached hydrogens (tertiary/aromatic N) is 3. The first-order valence-corrected chi connectivity index (χ1v) is 8.92. The van der Waals surface area contributed by atoms with E-state index in [1.165, 1.54) is 5.56 Å². The van der Waals surface area contributed by atoms with E-state index in [4.69, 9.17) is 19.2 Å². The molecule has 0 spiro atoms. The van der Waals surface area contributed by atoms with E-state index < -0.39 is 0 Å². The predicted octanol–water partition coefficient (Wildman–Crippen LogP) is 3.07. The van der Waals surface area contributed by atoms with Crippen molar-refractivity contribution in [3.63, 3.8) is 0 Å². The normalized spacial score (nSPS) is 20.4. The number of imidazole rings is 1. The van der Waals surface area contributed by atoms with E-state index >= 15 is 0 Å². The highest BCUT2D eigenvalue weighted by atomic mass is 16.7. The van der Waals surface area contributed by atoms with Crippen LogP contribution in [0.15, 0.2) is 72.2 Å². The van der Waals surface area contributed by atoms with Crippen molar-refractivity contribution in [2.45, 2.75) is 18.5 Å². The molecule has 27 heavy (non-hydrogen) atoms. The third kappa shape index (κ3) is 3.14. The van der Waals surface area contributed by atoms with E-state index in [0.29, 0.717) is 19.0 Å². The second-order valence-corrected chi connectivity index (χ2v) is 6.90. The minimum Gasteiger partial charge on any atom is -0.475 e. The van der Waals surface area contributed by atoms with E-state index in [1.54, 1.807) is 6.20 Å². The van der Waals surface area contributed by atoms with Crippen molar-refractivity contribution in [1.82, 2.24) is 9.55 Å². The molecule has 0 saturated carbocycles. The van der Waals surface area contributed by atoms with Crippen LogP contribution in [0.1, 0.15) is 11.1 Å². The summed E-state index contributed by atoms with van der Waals surface area (Å²) >= 11 is 0. The van der Waals surface area contributed by atoms with Crippen LogP contribution < -0.4 is 9.47 Å². The molecule has 136 valence electrons. The Morgan fingerprint density at radius 2 is 1.89 bits per heavy atom. The first-order valence-electron chi connectivity index (χ1n) is 8.92. The summed E-state index contributed by atoms with van der Waals surface area (Å²) in [4.78, 5) is 9.20. The van der Waals surface area contributed by atoms with Crippen LogP contribution in [0.2, 0.25) is 0 Å². The van der Waals surface area contributed by atoms with Gasteiger partial charge in [0.1, 0.15) is 12.1 Å². The SMILES string of the molecule is c1ccc(CC2(Cn3ccnc3)COC(c3ccc4c(c3)OCO4)=N2)cc1. The third-order valence-electron chi connectivity index (χ3n) is 4.85. The number of benzene rings is 2. The lowest BCUT2D eigenvalue weighted by Gasteiger charge is -2.24. The van der Waals surface area contributed by atoms with Crippen LogP contribution in [0.5, 0.6) is 11.5 Å². The van der Waals surface area contributed by atoms with Crippen LogP contribution >= 0.6 is 0 Å². The average molecular weight is 361 g/mol. The molecule has 2 aliphatic rings. The Kier molecular flexibility index (Phi) is 3.81. The highest BCUT2D eigenvalue weighted by Gasteiger charge is 2.38. The number of hydrogen-bond acceptors (Lipinski definition) is 5. The van der Waals surface area contributed by atoms with Crippen molar-refractivity contribution in [2.24, 2.45) is 4.99 Å². The number of hydrogen-bond donors (Lipinski definition) is 0. The Hall–Kier alpha value is -3.28. The molecule has 0 amide bonds. The van der Waals surface area contributed by atoms with Crippen LogP contribution in [-0.2, 0) is 17.7 Å². The molecule has 0 bridgehead atoms. The zero-order chi connectivity index (χ0) is 18.1. The maximum absolute atomic E-state index is 6.06. The first-order chi connectivity index (χ1) is 13.3. The molecule has 3 heterocycles. The molecule has 3 aromatic rings.